The van der Waals surface area contributed by atoms with Crippen molar-refractivity contribution in [3.63, 3.8) is 0 Å². The van der Waals surface area contributed by atoms with Gasteiger partial charge in [0, 0.05) is 25.7 Å². The molecule has 0 heterocycles. The number of phosphoric acid groups is 2. The first-order chi connectivity index (χ1) is 48.7. The van der Waals surface area contributed by atoms with Gasteiger partial charge >= 0.3 is 39.5 Å². The topological polar surface area (TPSA) is 237 Å². The van der Waals surface area contributed by atoms with Gasteiger partial charge in [0.05, 0.1) is 26.4 Å². The van der Waals surface area contributed by atoms with Gasteiger partial charge in [-0.15, -0.1) is 0 Å². The van der Waals surface area contributed by atoms with E-state index in [1.807, 2.05) is 0 Å². The lowest BCUT2D eigenvalue weighted by atomic mass is 10.1. The highest BCUT2D eigenvalue weighted by molar-refractivity contribution is 7.47. The second-order valence-electron chi connectivity index (χ2n) is 27.0. The molecular formula is C81H146O17P2. The number of hydrogen-bond donors (Lipinski definition) is 3. The van der Waals surface area contributed by atoms with Crippen molar-refractivity contribution in [2.24, 2.45) is 0 Å². The summed E-state index contributed by atoms with van der Waals surface area (Å²) in [6, 6.07) is 0. The maximum Gasteiger partial charge on any atom is 0.472 e. The molecule has 0 fully saturated rings. The molecule has 3 unspecified atom stereocenters. The molecule has 0 aliphatic heterocycles. The zero-order chi connectivity index (χ0) is 73.2. The summed E-state index contributed by atoms with van der Waals surface area (Å²) in [6.07, 6.45) is 74.4. The number of aliphatic hydroxyl groups excluding tert-OH is 1. The fraction of sp³-hybridized carbons (Fsp3) is 0.802. The van der Waals surface area contributed by atoms with E-state index in [1.165, 1.54) is 116 Å². The van der Waals surface area contributed by atoms with Gasteiger partial charge in [-0.1, -0.05) is 268 Å². The molecule has 0 radical (unpaired) electrons. The number of esters is 4. The van der Waals surface area contributed by atoms with E-state index < -0.39 is 97.5 Å². The summed E-state index contributed by atoms with van der Waals surface area (Å²) in [4.78, 5) is 73.0. The Labute approximate surface area is 609 Å². The highest BCUT2D eigenvalue weighted by atomic mass is 31.2. The number of allylic oxidation sites excluding steroid dienone is 12. The Morgan fingerprint density at radius 1 is 0.280 bits per heavy atom. The van der Waals surface area contributed by atoms with Gasteiger partial charge in [-0.25, -0.2) is 9.13 Å². The van der Waals surface area contributed by atoms with E-state index in [0.717, 1.165) is 167 Å². The molecule has 0 saturated heterocycles. The minimum absolute atomic E-state index is 0.0779. The van der Waals surface area contributed by atoms with Crippen molar-refractivity contribution in [3.8, 4) is 0 Å². The van der Waals surface area contributed by atoms with Crippen LogP contribution in [0.1, 0.15) is 362 Å². The van der Waals surface area contributed by atoms with Crippen molar-refractivity contribution in [3.05, 3.63) is 72.9 Å². The first-order valence-corrected chi connectivity index (χ1v) is 43.2. The van der Waals surface area contributed by atoms with Crippen LogP contribution in [0.15, 0.2) is 72.9 Å². The molecule has 0 saturated carbocycles. The second-order valence-corrected chi connectivity index (χ2v) is 29.9. The first-order valence-electron chi connectivity index (χ1n) is 40.2. The van der Waals surface area contributed by atoms with Crippen molar-refractivity contribution in [1.29, 1.82) is 0 Å². The van der Waals surface area contributed by atoms with Crippen LogP contribution >= 0.6 is 15.6 Å². The predicted molar refractivity (Wildman–Crippen MR) is 409 cm³/mol. The maximum atomic E-state index is 13.1. The Morgan fingerprint density at radius 3 is 0.770 bits per heavy atom. The molecule has 5 atom stereocenters. The summed E-state index contributed by atoms with van der Waals surface area (Å²) in [5.74, 6) is -2.20. The quantitative estimate of drug-likeness (QED) is 0.0169. The predicted octanol–water partition coefficient (Wildman–Crippen LogP) is 23.2. The summed E-state index contributed by atoms with van der Waals surface area (Å²) >= 11 is 0. The normalized spacial score (nSPS) is 14.3. The van der Waals surface area contributed by atoms with E-state index >= 15 is 0 Å². The monoisotopic (exact) mass is 1450 g/mol. The summed E-state index contributed by atoms with van der Waals surface area (Å²) < 4.78 is 68.6. The van der Waals surface area contributed by atoms with Crippen molar-refractivity contribution < 1.29 is 80.2 Å². The molecule has 0 rings (SSSR count). The largest absolute Gasteiger partial charge is 0.472 e. The second kappa shape index (κ2) is 73.8. The highest BCUT2D eigenvalue weighted by Crippen LogP contribution is 2.45. The lowest BCUT2D eigenvalue weighted by Crippen LogP contribution is -2.30. The number of carbonyl (C=O) groups is 4. The smallest absolute Gasteiger partial charge is 0.462 e. The molecule has 0 aromatic heterocycles. The molecule has 0 amide bonds. The van der Waals surface area contributed by atoms with Crippen LogP contribution in [0.3, 0.4) is 0 Å². The minimum atomic E-state index is -4.98. The summed E-state index contributed by atoms with van der Waals surface area (Å²) in [5.41, 5.74) is 0. The number of hydrogen-bond acceptors (Lipinski definition) is 15. The van der Waals surface area contributed by atoms with E-state index in [4.69, 9.17) is 37.0 Å². The SMILES string of the molecule is CCCCCC=CCC=CCCCCCCCC(=O)OC[C@H](COP(=O)(O)OCC(O)COP(=O)(O)OC[C@@H](COC(=O)CCCCCCCC=CCCCCCCCC)OC(=O)CCCCCCCC=CCCCCCCCC)OC(=O)CCCCCCCC=CCC=CCCCCC. The maximum absolute atomic E-state index is 13.1. The number of ether oxygens (including phenoxy) is 4. The number of phosphoric ester groups is 2. The van der Waals surface area contributed by atoms with Crippen molar-refractivity contribution in [1.82, 2.24) is 0 Å². The molecule has 17 nitrogen and oxygen atoms in total. The molecule has 3 N–H and O–H groups in total. The Morgan fingerprint density at radius 2 is 0.490 bits per heavy atom. The lowest BCUT2D eigenvalue weighted by molar-refractivity contribution is -0.161. The molecule has 100 heavy (non-hydrogen) atoms. The molecule has 582 valence electrons. The van der Waals surface area contributed by atoms with Crippen LogP contribution in [0.25, 0.3) is 0 Å². The highest BCUT2D eigenvalue weighted by Gasteiger charge is 2.30. The van der Waals surface area contributed by atoms with Crippen LogP contribution in [0.4, 0.5) is 0 Å². The molecule has 0 bridgehead atoms. The van der Waals surface area contributed by atoms with Crippen molar-refractivity contribution >= 4 is 39.5 Å². The van der Waals surface area contributed by atoms with Crippen molar-refractivity contribution in [2.75, 3.05) is 39.6 Å². The average Bonchev–Trinajstić information content (AvgIpc) is 1.01. The Balaban J connectivity index is 5.37. The van der Waals surface area contributed by atoms with Gasteiger partial charge in [0.25, 0.3) is 0 Å². The van der Waals surface area contributed by atoms with Gasteiger partial charge in [0.1, 0.15) is 19.3 Å². The van der Waals surface area contributed by atoms with Crippen LogP contribution in [-0.4, -0.2) is 96.7 Å². The summed E-state index contributed by atoms with van der Waals surface area (Å²) in [6.45, 7) is 4.82. The van der Waals surface area contributed by atoms with Crippen LogP contribution in [-0.2, 0) is 65.4 Å². The molecule has 0 spiro atoms. The number of unbranched alkanes of at least 4 members (excludes halogenated alkanes) is 38. The number of rotatable bonds is 76. The van der Waals surface area contributed by atoms with E-state index in [-0.39, 0.29) is 25.7 Å². The van der Waals surface area contributed by atoms with E-state index in [0.29, 0.717) is 25.7 Å². The van der Waals surface area contributed by atoms with E-state index in [9.17, 15) is 43.2 Å². The van der Waals surface area contributed by atoms with Crippen LogP contribution in [0.5, 0.6) is 0 Å². The molecule has 0 aliphatic carbocycles. The van der Waals surface area contributed by atoms with Crippen LogP contribution < -0.4 is 0 Å². The minimum Gasteiger partial charge on any atom is -0.462 e. The van der Waals surface area contributed by atoms with Gasteiger partial charge in [0.15, 0.2) is 12.2 Å². The van der Waals surface area contributed by atoms with Crippen LogP contribution in [0.2, 0.25) is 0 Å². The molecule has 19 heteroatoms. The van der Waals surface area contributed by atoms with E-state index in [2.05, 4.69) is 101 Å². The molecule has 0 aromatic carbocycles. The van der Waals surface area contributed by atoms with Gasteiger partial charge < -0.3 is 33.8 Å². The molecule has 0 aromatic rings. The number of aliphatic hydroxyl groups is 1. The third kappa shape index (κ3) is 72.8. The van der Waals surface area contributed by atoms with E-state index in [1.54, 1.807) is 0 Å². The third-order valence-corrected chi connectivity index (χ3v) is 19.0. The number of carbonyl (C=O) groups excluding carboxylic acids is 4. The van der Waals surface area contributed by atoms with Gasteiger partial charge in [-0.05, 0) is 141 Å². The zero-order valence-corrected chi connectivity index (χ0v) is 65.4. The van der Waals surface area contributed by atoms with Gasteiger partial charge in [-0.2, -0.15) is 0 Å². The zero-order valence-electron chi connectivity index (χ0n) is 63.6. The third-order valence-electron chi connectivity index (χ3n) is 17.1. The Bertz CT molecular complexity index is 2180. The Hall–Kier alpha value is -3.50. The fourth-order valence-electron chi connectivity index (χ4n) is 10.9. The standard InChI is InChI=1S/C81H146O17P2/c1-5-9-13-17-21-25-29-33-37-41-45-49-53-57-61-65-78(83)91-71-76(97-80(85)67-63-59-55-51-47-43-39-35-31-27-23-19-15-11-7-3)73-95-99(87,88)93-69-75(82)70-94-100(89,90)96-74-77(98-81(86)68-64-60-56-52-48-44-40-36-32-28-24-20-16-12-8-4)72-92-79(84)66-62-58-54-50-46-42-38-34-30-26-22-18-14-10-6-2/h21,23,25,27,33-40,75-77,82H,5-20,22,24,26,28-32,41-74H2,1-4H3,(H,87,88)(H,89,90)/t75?,76-,77-/m1/s1. The van der Waals surface area contributed by atoms with Gasteiger partial charge in [0.2, 0.25) is 0 Å². The lowest BCUT2D eigenvalue weighted by Gasteiger charge is -2.21. The van der Waals surface area contributed by atoms with Crippen LogP contribution in [0, 0.1) is 0 Å². The van der Waals surface area contributed by atoms with Gasteiger partial charge in [-0.3, -0.25) is 37.3 Å². The molecule has 0 aliphatic rings. The first kappa shape index (κ1) is 96.5. The average molecular weight is 1450 g/mol. The molecular weight excluding hydrogens is 1310 g/mol. The Kier molecular flexibility index (Phi) is 71.2. The summed E-state index contributed by atoms with van der Waals surface area (Å²) in [5, 5.41) is 10.6. The fourth-order valence-corrected chi connectivity index (χ4v) is 12.5. The van der Waals surface area contributed by atoms with Crippen molar-refractivity contribution in [2.45, 2.75) is 380 Å². The summed E-state index contributed by atoms with van der Waals surface area (Å²) in [7, 11) is -9.96.